The van der Waals surface area contributed by atoms with Gasteiger partial charge in [0, 0.05) is 12.6 Å². The van der Waals surface area contributed by atoms with Crippen molar-refractivity contribution in [3.05, 3.63) is 71.3 Å². The maximum atomic E-state index is 13.1. The van der Waals surface area contributed by atoms with Crippen LogP contribution in [0.4, 0.5) is 0 Å². The van der Waals surface area contributed by atoms with Crippen LogP contribution in [-0.4, -0.2) is 35.0 Å². The number of hydrogen-bond donors (Lipinski definition) is 0. The molecule has 0 N–H and O–H groups in total. The summed E-state index contributed by atoms with van der Waals surface area (Å²) < 4.78 is 0. The number of carbonyl (C=O) groups excluding carboxylic acids is 3. The van der Waals surface area contributed by atoms with Crippen molar-refractivity contribution in [1.29, 1.82) is 0 Å². The standard InChI is InChI=1S/C22H23NO3/c1-3-4-6-11-18-19(20(25)16-9-7-5-8-10-16)21(26)23(2)22(18)14-12-17(24)13-15-22/h5,7-10,12-15H,3-4,6,11H2,1-2H3. The zero-order chi connectivity index (χ0) is 18.7. The molecule has 0 fully saturated rings. The number of ketones is 2. The molecule has 4 heteroatoms. The van der Waals surface area contributed by atoms with Crippen molar-refractivity contribution < 1.29 is 14.4 Å². The van der Waals surface area contributed by atoms with Crippen LogP contribution in [-0.2, 0) is 9.59 Å². The summed E-state index contributed by atoms with van der Waals surface area (Å²) in [6.07, 6.45) is 10.1. The van der Waals surface area contributed by atoms with E-state index in [1.165, 1.54) is 12.2 Å². The van der Waals surface area contributed by atoms with Crippen LogP contribution >= 0.6 is 0 Å². The van der Waals surface area contributed by atoms with E-state index >= 15 is 0 Å². The number of rotatable bonds is 6. The Balaban J connectivity index is 2.11. The Morgan fingerprint density at radius 2 is 1.69 bits per heavy atom. The normalized spacial score (nSPS) is 18.3. The van der Waals surface area contributed by atoms with Gasteiger partial charge in [-0.15, -0.1) is 0 Å². The first-order valence-corrected chi connectivity index (χ1v) is 9.05. The number of hydrogen-bond acceptors (Lipinski definition) is 3. The lowest BCUT2D eigenvalue weighted by Gasteiger charge is -2.34. The number of likely N-dealkylation sites (N-methyl/N-ethyl adjacent to an activating group) is 1. The molecule has 0 atom stereocenters. The highest BCUT2D eigenvalue weighted by Crippen LogP contribution is 2.42. The van der Waals surface area contributed by atoms with Crippen LogP contribution in [0.15, 0.2) is 65.8 Å². The van der Waals surface area contributed by atoms with E-state index in [4.69, 9.17) is 0 Å². The Labute approximate surface area is 153 Å². The van der Waals surface area contributed by atoms with E-state index in [-0.39, 0.29) is 23.0 Å². The summed E-state index contributed by atoms with van der Waals surface area (Å²) in [5.74, 6) is -0.634. The summed E-state index contributed by atoms with van der Waals surface area (Å²) in [6.45, 7) is 2.12. The third-order valence-electron chi connectivity index (χ3n) is 5.16. The van der Waals surface area contributed by atoms with Gasteiger partial charge in [0.1, 0.15) is 5.54 Å². The molecule has 1 heterocycles. The molecule has 1 aromatic carbocycles. The molecule has 0 saturated carbocycles. The lowest BCUT2D eigenvalue weighted by Crippen LogP contribution is -2.44. The third-order valence-corrected chi connectivity index (χ3v) is 5.16. The average molecular weight is 349 g/mol. The molecule has 0 unspecified atom stereocenters. The van der Waals surface area contributed by atoms with Gasteiger partial charge in [0.2, 0.25) is 0 Å². The van der Waals surface area contributed by atoms with Crippen molar-refractivity contribution in [3.63, 3.8) is 0 Å². The molecule has 26 heavy (non-hydrogen) atoms. The van der Waals surface area contributed by atoms with Crippen molar-refractivity contribution in [1.82, 2.24) is 4.90 Å². The quantitative estimate of drug-likeness (QED) is 0.447. The second-order valence-electron chi connectivity index (χ2n) is 6.76. The van der Waals surface area contributed by atoms with Gasteiger partial charge in [-0.1, -0.05) is 50.1 Å². The van der Waals surface area contributed by atoms with Gasteiger partial charge in [-0.2, -0.15) is 0 Å². The number of allylic oxidation sites excluding steroid dienone is 2. The molecular weight excluding hydrogens is 326 g/mol. The average Bonchev–Trinajstić information content (AvgIpc) is 2.86. The molecule has 0 bridgehead atoms. The highest BCUT2D eigenvalue weighted by molar-refractivity contribution is 6.28. The van der Waals surface area contributed by atoms with Gasteiger partial charge in [-0.3, -0.25) is 14.4 Å². The first kappa shape index (κ1) is 18.1. The van der Waals surface area contributed by atoms with Gasteiger partial charge in [0.25, 0.3) is 5.91 Å². The number of nitrogens with zero attached hydrogens (tertiary/aromatic N) is 1. The Morgan fingerprint density at radius 3 is 2.31 bits per heavy atom. The number of carbonyl (C=O) groups is 3. The molecule has 1 aliphatic heterocycles. The van der Waals surface area contributed by atoms with E-state index in [1.807, 2.05) is 6.07 Å². The fourth-order valence-corrected chi connectivity index (χ4v) is 3.67. The zero-order valence-electron chi connectivity index (χ0n) is 15.2. The Hall–Kier alpha value is -2.75. The van der Waals surface area contributed by atoms with Crippen molar-refractivity contribution in [3.8, 4) is 0 Å². The van der Waals surface area contributed by atoms with Crippen molar-refractivity contribution in [2.24, 2.45) is 0 Å². The van der Waals surface area contributed by atoms with Crippen molar-refractivity contribution in [2.45, 2.75) is 38.1 Å². The molecule has 1 amide bonds. The highest BCUT2D eigenvalue weighted by atomic mass is 16.2. The number of benzene rings is 1. The Kier molecular flexibility index (Phi) is 5.03. The van der Waals surface area contributed by atoms with Gasteiger partial charge in [0.05, 0.1) is 5.57 Å². The summed E-state index contributed by atoms with van der Waals surface area (Å²) in [4.78, 5) is 39.3. The summed E-state index contributed by atoms with van der Waals surface area (Å²) >= 11 is 0. The molecule has 4 nitrogen and oxygen atoms in total. The molecule has 0 aromatic heterocycles. The molecule has 0 radical (unpaired) electrons. The second kappa shape index (κ2) is 7.24. The molecule has 134 valence electrons. The SMILES string of the molecule is CCCCCC1=C(C(=O)c2ccccc2)C(=O)N(C)C12C=CC(=O)C=C2. The fourth-order valence-electron chi connectivity index (χ4n) is 3.67. The second-order valence-corrected chi connectivity index (χ2v) is 6.76. The summed E-state index contributed by atoms with van der Waals surface area (Å²) in [7, 11) is 1.69. The monoisotopic (exact) mass is 349 g/mol. The molecule has 1 aromatic rings. The lowest BCUT2D eigenvalue weighted by atomic mass is 9.81. The first-order chi connectivity index (χ1) is 12.5. The predicted molar refractivity (Wildman–Crippen MR) is 101 cm³/mol. The van der Waals surface area contributed by atoms with E-state index in [2.05, 4.69) is 6.92 Å². The summed E-state index contributed by atoms with van der Waals surface area (Å²) in [6, 6.07) is 8.89. The lowest BCUT2D eigenvalue weighted by molar-refractivity contribution is -0.126. The number of unbranched alkanes of at least 4 members (excludes halogenated alkanes) is 2. The molecule has 1 aliphatic carbocycles. The minimum absolute atomic E-state index is 0.104. The van der Waals surface area contributed by atoms with E-state index < -0.39 is 5.54 Å². The van der Waals surface area contributed by atoms with Gasteiger partial charge in [-0.25, -0.2) is 0 Å². The molecule has 3 rings (SSSR count). The first-order valence-electron chi connectivity index (χ1n) is 9.05. The van der Waals surface area contributed by atoms with E-state index in [9.17, 15) is 14.4 Å². The number of amides is 1. The zero-order valence-corrected chi connectivity index (χ0v) is 15.2. The summed E-state index contributed by atoms with van der Waals surface area (Å²) in [5.41, 5.74) is 0.748. The largest absolute Gasteiger partial charge is 0.325 e. The minimum Gasteiger partial charge on any atom is -0.325 e. The predicted octanol–water partition coefficient (Wildman–Crippen LogP) is 3.65. The number of Topliss-reactive ketones (excluding diaryl/α,β-unsaturated/α-hetero) is 1. The van der Waals surface area contributed by atoms with Gasteiger partial charge < -0.3 is 4.90 Å². The van der Waals surface area contributed by atoms with E-state index in [0.717, 1.165) is 24.8 Å². The molecule has 0 saturated heterocycles. The van der Waals surface area contributed by atoms with Crippen LogP contribution in [0.2, 0.25) is 0 Å². The van der Waals surface area contributed by atoms with Crippen LogP contribution in [0.1, 0.15) is 43.0 Å². The summed E-state index contributed by atoms with van der Waals surface area (Å²) in [5, 5.41) is 0. The fraction of sp³-hybridized carbons (Fsp3) is 0.318. The highest BCUT2D eigenvalue weighted by Gasteiger charge is 2.48. The van der Waals surface area contributed by atoms with Crippen LogP contribution in [0.25, 0.3) is 0 Å². The molecule has 2 aliphatic rings. The van der Waals surface area contributed by atoms with Gasteiger partial charge in [-0.05, 0) is 42.7 Å². The van der Waals surface area contributed by atoms with E-state index in [0.29, 0.717) is 12.0 Å². The van der Waals surface area contributed by atoms with Gasteiger partial charge in [0.15, 0.2) is 11.6 Å². The third kappa shape index (κ3) is 2.96. The van der Waals surface area contributed by atoms with Crippen LogP contribution < -0.4 is 0 Å². The molecule has 1 spiro atoms. The Bertz CT molecular complexity index is 814. The van der Waals surface area contributed by atoms with Crippen molar-refractivity contribution >= 4 is 17.5 Å². The smallest absolute Gasteiger partial charge is 0.258 e. The van der Waals surface area contributed by atoms with E-state index in [1.54, 1.807) is 48.4 Å². The van der Waals surface area contributed by atoms with Gasteiger partial charge >= 0.3 is 0 Å². The van der Waals surface area contributed by atoms with Crippen molar-refractivity contribution in [2.75, 3.05) is 7.05 Å². The minimum atomic E-state index is -0.807. The van der Waals surface area contributed by atoms with Crippen LogP contribution in [0.3, 0.4) is 0 Å². The van der Waals surface area contributed by atoms with Crippen LogP contribution in [0, 0.1) is 0 Å². The van der Waals surface area contributed by atoms with Crippen LogP contribution in [0.5, 0.6) is 0 Å². The molecular formula is C22H23NO3. The maximum absolute atomic E-state index is 13.1. The maximum Gasteiger partial charge on any atom is 0.258 e. The Morgan fingerprint density at radius 1 is 1.04 bits per heavy atom. The topological polar surface area (TPSA) is 54.5 Å².